The van der Waals surface area contributed by atoms with Crippen molar-refractivity contribution in [3.8, 4) is 6.07 Å². The number of allylic oxidation sites excluding steroid dienone is 6. The van der Waals surface area contributed by atoms with E-state index in [1.807, 2.05) is 31.2 Å². The summed E-state index contributed by atoms with van der Waals surface area (Å²) in [7, 11) is 0. The minimum atomic E-state index is 0.185. The van der Waals surface area contributed by atoms with Crippen molar-refractivity contribution in [1.82, 2.24) is 4.90 Å². The monoisotopic (exact) mass is 322 g/mol. The fourth-order valence-corrected chi connectivity index (χ4v) is 2.63. The number of likely N-dealkylation sites (tertiary alicyclic amines) is 1. The van der Waals surface area contributed by atoms with Gasteiger partial charge in [-0.25, -0.2) is 0 Å². The van der Waals surface area contributed by atoms with E-state index in [-0.39, 0.29) is 5.41 Å². The Labute approximate surface area is 147 Å². The maximum Gasteiger partial charge on any atom is 0.0627 e. The van der Waals surface area contributed by atoms with Gasteiger partial charge in [-0.3, -0.25) is 4.90 Å². The molecule has 0 atom stereocenters. The predicted molar refractivity (Wildman–Crippen MR) is 105 cm³/mol. The zero-order valence-electron chi connectivity index (χ0n) is 15.3. The van der Waals surface area contributed by atoms with Crippen LogP contribution in [0.2, 0.25) is 0 Å². The maximum absolute atomic E-state index is 8.92. The summed E-state index contributed by atoms with van der Waals surface area (Å²) in [6, 6.07) is 2.32. The number of nitrogens with zero attached hydrogens (tertiary/aromatic N) is 2. The van der Waals surface area contributed by atoms with Crippen molar-refractivity contribution in [2.75, 3.05) is 19.6 Å². The van der Waals surface area contributed by atoms with Gasteiger partial charge < -0.3 is 0 Å². The van der Waals surface area contributed by atoms with Crippen LogP contribution in [0.3, 0.4) is 0 Å². The third-order valence-electron chi connectivity index (χ3n) is 4.50. The Balaban J connectivity index is 2.44. The van der Waals surface area contributed by atoms with Crippen LogP contribution in [-0.2, 0) is 0 Å². The first-order valence-electron chi connectivity index (χ1n) is 8.43. The van der Waals surface area contributed by atoms with E-state index in [0.29, 0.717) is 6.42 Å². The Morgan fingerprint density at radius 1 is 1.04 bits per heavy atom. The van der Waals surface area contributed by atoms with Crippen LogP contribution in [0.1, 0.15) is 33.1 Å². The molecule has 1 heterocycles. The molecule has 1 aliphatic heterocycles. The Kier molecular flexibility index (Phi) is 7.68. The molecule has 128 valence electrons. The van der Waals surface area contributed by atoms with Crippen LogP contribution in [0, 0.1) is 16.7 Å². The summed E-state index contributed by atoms with van der Waals surface area (Å²) in [5.41, 5.74) is 4.01. The quantitative estimate of drug-likeness (QED) is 0.563. The standard InChI is InChI=1S/C22H30N2/c1-18(2)7-9-20(4)21(5)10-8-19(3)17-24-15-12-22(6,11-14-23)13-16-24/h7-10H,1,3-5,11-13,15-17H2,2,6H3/b9-7-,10-8-. The third-order valence-corrected chi connectivity index (χ3v) is 4.50. The molecule has 1 saturated heterocycles. The molecule has 0 spiro atoms. The van der Waals surface area contributed by atoms with Crippen LogP contribution >= 0.6 is 0 Å². The Morgan fingerprint density at radius 3 is 2.08 bits per heavy atom. The van der Waals surface area contributed by atoms with E-state index >= 15 is 0 Å². The van der Waals surface area contributed by atoms with Gasteiger partial charge >= 0.3 is 0 Å². The first kappa shape index (κ1) is 19.9. The van der Waals surface area contributed by atoms with Crippen LogP contribution < -0.4 is 0 Å². The van der Waals surface area contributed by atoms with Crippen molar-refractivity contribution >= 4 is 0 Å². The smallest absolute Gasteiger partial charge is 0.0627 e. The van der Waals surface area contributed by atoms with Gasteiger partial charge in [-0.05, 0) is 55.0 Å². The second-order valence-electron chi connectivity index (χ2n) is 7.14. The second-order valence-corrected chi connectivity index (χ2v) is 7.14. The lowest BCUT2D eigenvalue weighted by Crippen LogP contribution is -2.39. The van der Waals surface area contributed by atoms with E-state index in [1.165, 1.54) is 0 Å². The van der Waals surface area contributed by atoms with E-state index in [4.69, 9.17) is 5.26 Å². The first-order valence-corrected chi connectivity index (χ1v) is 8.43. The van der Waals surface area contributed by atoms with Gasteiger partial charge in [-0.1, -0.05) is 63.1 Å². The SMILES string of the molecule is C=C(C)/C=C\C(=C)C(=C)/C=C\C(=C)CN1CCC(C)(CC#N)CC1. The van der Waals surface area contributed by atoms with E-state index in [1.54, 1.807) is 0 Å². The van der Waals surface area contributed by atoms with Crippen molar-refractivity contribution in [2.45, 2.75) is 33.1 Å². The molecule has 0 aliphatic carbocycles. The number of rotatable bonds is 8. The van der Waals surface area contributed by atoms with Gasteiger partial charge in [-0.2, -0.15) is 5.26 Å². The van der Waals surface area contributed by atoms with E-state index in [2.05, 4.69) is 44.2 Å². The van der Waals surface area contributed by atoms with Gasteiger partial charge in [-0.15, -0.1) is 0 Å². The number of hydrogen-bond donors (Lipinski definition) is 0. The molecule has 1 fully saturated rings. The predicted octanol–water partition coefficient (Wildman–Crippen LogP) is 5.36. The van der Waals surface area contributed by atoms with Gasteiger partial charge in [0.05, 0.1) is 6.07 Å². The highest BCUT2D eigenvalue weighted by Crippen LogP contribution is 2.34. The van der Waals surface area contributed by atoms with Crippen molar-refractivity contribution < 1.29 is 0 Å². The minimum Gasteiger partial charge on any atom is -0.299 e. The van der Waals surface area contributed by atoms with Crippen molar-refractivity contribution in [1.29, 1.82) is 5.26 Å². The molecule has 0 bridgehead atoms. The van der Waals surface area contributed by atoms with Crippen molar-refractivity contribution in [3.63, 3.8) is 0 Å². The molecule has 0 amide bonds. The molecular formula is C22H30N2. The summed E-state index contributed by atoms with van der Waals surface area (Å²) in [6.45, 7) is 23.1. The summed E-state index contributed by atoms with van der Waals surface area (Å²) in [6.07, 6.45) is 10.7. The van der Waals surface area contributed by atoms with Crippen molar-refractivity contribution in [3.05, 3.63) is 72.9 Å². The van der Waals surface area contributed by atoms with Crippen LogP contribution in [0.4, 0.5) is 0 Å². The Hall–Kier alpha value is -2.11. The molecule has 0 N–H and O–H groups in total. The topological polar surface area (TPSA) is 27.0 Å². The molecule has 0 aromatic carbocycles. The molecule has 1 rings (SSSR count). The van der Waals surface area contributed by atoms with E-state index in [0.717, 1.165) is 54.8 Å². The Morgan fingerprint density at radius 2 is 1.58 bits per heavy atom. The van der Waals surface area contributed by atoms with Crippen LogP contribution in [0.25, 0.3) is 0 Å². The average Bonchev–Trinajstić information content (AvgIpc) is 2.52. The molecule has 0 radical (unpaired) electrons. The van der Waals surface area contributed by atoms with Gasteiger partial charge in [0, 0.05) is 13.0 Å². The number of piperidine rings is 1. The summed E-state index contributed by atoms with van der Waals surface area (Å²) in [5.74, 6) is 0. The third kappa shape index (κ3) is 6.98. The zero-order valence-corrected chi connectivity index (χ0v) is 15.3. The molecule has 2 nitrogen and oxygen atoms in total. The lowest BCUT2D eigenvalue weighted by atomic mass is 9.78. The fourth-order valence-electron chi connectivity index (χ4n) is 2.63. The molecule has 0 saturated carbocycles. The maximum atomic E-state index is 8.92. The van der Waals surface area contributed by atoms with Gasteiger partial charge in [0.2, 0.25) is 0 Å². The van der Waals surface area contributed by atoms with Gasteiger partial charge in [0.1, 0.15) is 0 Å². The average molecular weight is 322 g/mol. The van der Waals surface area contributed by atoms with Crippen LogP contribution in [0.5, 0.6) is 0 Å². The highest BCUT2D eigenvalue weighted by Gasteiger charge is 2.29. The summed E-state index contributed by atoms with van der Waals surface area (Å²) in [4.78, 5) is 2.41. The highest BCUT2D eigenvalue weighted by molar-refractivity contribution is 5.45. The van der Waals surface area contributed by atoms with Crippen LogP contribution in [-0.4, -0.2) is 24.5 Å². The molecule has 1 aliphatic rings. The molecule has 0 aromatic heterocycles. The van der Waals surface area contributed by atoms with E-state index < -0.39 is 0 Å². The molecule has 24 heavy (non-hydrogen) atoms. The summed E-state index contributed by atoms with van der Waals surface area (Å²) < 4.78 is 0. The van der Waals surface area contributed by atoms with Gasteiger partial charge in [0.25, 0.3) is 0 Å². The first-order chi connectivity index (χ1) is 11.3. The summed E-state index contributed by atoms with van der Waals surface area (Å²) >= 11 is 0. The molecule has 2 heteroatoms. The normalized spacial score (nSPS) is 17.7. The lowest BCUT2D eigenvalue weighted by Gasteiger charge is -2.38. The van der Waals surface area contributed by atoms with Crippen molar-refractivity contribution in [2.24, 2.45) is 5.41 Å². The minimum absolute atomic E-state index is 0.185. The lowest BCUT2D eigenvalue weighted by molar-refractivity contribution is 0.130. The van der Waals surface area contributed by atoms with Crippen LogP contribution in [0.15, 0.2) is 72.9 Å². The molecule has 0 aromatic rings. The van der Waals surface area contributed by atoms with Gasteiger partial charge in [0.15, 0.2) is 0 Å². The number of nitriles is 1. The molecule has 0 unspecified atom stereocenters. The highest BCUT2D eigenvalue weighted by atomic mass is 15.1. The number of hydrogen-bond acceptors (Lipinski definition) is 2. The zero-order chi connectivity index (χ0) is 18.2. The Bertz CT molecular complexity index is 602. The summed E-state index contributed by atoms with van der Waals surface area (Å²) in [5, 5.41) is 8.92. The second kappa shape index (κ2) is 9.25. The largest absolute Gasteiger partial charge is 0.299 e. The van der Waals surface area contributed by atoms with E-state index in [9.17, 15) is 0 Å². The fraction of sp³-hybridized carbons (Fsp3) is 0.409. The molecular weight excluding hydrogens is 292 g/mol.